The molecule has 3 nitrogen and oxygen atoms in total. The Morgan fingerprint density at radius 1 is 1.12 bits per heavy atom. The highest BCUT2D eigenvalue weighted by molar-refractivity contribution is 7.89. The van der Waals surface area contributed by atoms with Crippen molar-refractivity contribution < 1.29 is 8.42 Å². The lowest BCUT2D eigenvalue weighted by atomic mass is 10.0. The molecule has 0 atom stereocenters. The lowest BCUT2D eigenvalue weighted by Gasteiger charge is -2.12. The van der Waals surface area contributed by atoms with Gasteiger partial charge in [-0.05, 0) is 30.0 Å². The second kappa shape index (κ2) is 4.97. The molecule has 1 rings (SSSR count). The zero-order chi connectivity index (χ0) is 12.3. The van der Waals surface area contributed by atoms with Crippen molar-refractivity contribution in [2.24, 2.45) is 5.92 Å². The van der Waals surface area contributed by atoms with Crippen LogP contribution in [0.4, 0.5) is 0 Å². The van der Waals surface area contributed by atoms with Gasteiger partial charge in [0.25, 0.3) is 0 Å². The third kappa shape index (κ3) is 3.06. The predicted octanol–water partition coefficient (Wildman–Crippen LogP) is 2.14. The van der Waals surface area contributed by atoms with E-state index in [0.717, 1.165) is 6.42 Å². The van der Waals surface area contributed by atoms with Gasteiger partial charge in [-0.2, -0.15) is 0 Å². The Morgan fingerprint density at radius 3 is 2.00 bits per heavy atom. The van der Waals surface area contributed by atoms with Gasteiger partial charge < -0.3 is 0 Å². The third-order valence-corrected chi connectivity index (χ3v) is 4.18. The number of hydrogen-bond acceptors (Lipinski definition) is 2. The molecule has 1 aromatic carbocycles. The maximum absolute atomic E-state index is 11.8. The normalized spacial score (nSPS) is 12.4. The summed E-state index contributed by atoms with van der Waals surface area (Å²) >= 11 is 0. The minimum atomic E-state index is -3.29. The fourth-order valence-corrected chi connectivity index (χ4v) is 2.38. The van der Waals surface area contributed by atoms with Crippen LogP contribution in [-0.2, 0) is 16.4 Å². The molecule has 0 bridgehead atoms. The number of nitrogens with zero attached hydrogens (tertiary/aromatic N) is 1. The van der Waals surface area contributed by atoms with Crippen molar-refractivity contribution in [3.63, 3.8) is 0 Å². The Labute approximate surface area is 98.1 Å². The second-order valence-electron chi connectivity index (χ2n) is 4.53. The molecule has 0 radical (unpaired) electrons. The molecule has 0 N–H and O–H groups in total. The first kappa shape index (κ1) is 13.2. The molecular formula is C12H19NO2S. The van der Waals surface area contributed by atoms with Crippen LogP contribution in [0.2, 0.25) is 0 Å². The van der Waals surface area contributed by atoms with Crippen LogP contribution in [0.1, 0.15) is 19.4 Å². The second-order valence-corrected chi connectivity index (χ2v) is 6.68. The molecule has 1 aromatic rings. The molecule has 0 spiro atoms. The average molecular weight is 241 g/mol. The van der Waals surface area contributed by atoms with Crippen LogP contribution in [0.5, 0.6) is 0 Å². The first-order valence-corrected chi connectivity index (χ1v) is 6.79. The largest absolute Gasteiger partial charge is 0.242 e. The summed E-state index contributed by atoms with van der Waals surface area (Å²) in [6, 6.07) is 7.12. The summed E-state index contributed by atoms with van der Waals surface area (Å²) in [4.78, 5) is 0.352. The molecule has 0 amide bonds. The smallest absolute Gasteiger partial charge is 0.207 e. The van der Waals surface area contributed by atoms with Crippen molar-refractivity contribution in [3.8, 4) is 0 Å². The van der Waals surface area contributed by atoms with E-state index in [0.29, 0.717) is 10.8 Å². The molecule has 0 aliphatic carbocycles. The van der Waals surface area contributed by atoms with E-state index in [1.165, 1.54) is 24.0 Å². The van der Waals surface area contributed by atoms with Gasteiger partial charge >= 0.3 is 0 Å². The van der Waals surface area contributed by atoms with Crippen LogP contribution < -0.4 is 0 Å². The molecule has 0 fully saturated rings. The van der Waals surface area contributed by atoms with Gasteiger partial charge in [-0.25, -0.2) is 12.7 Å². The van der Waals surface area contributed by atoms with E-state index in [4.69, 9.17) is 0 Å². The Hall–Kier alpha value is -0.870. The van der Waals surface area contributed by atoms with Gasteiger partial charge in [0.15, 0.2) is 0 Å². The summed E-state index contributed by atoms with van der Waals surface area (Å²) in [7, 11) is -0.211. The van der Waals surface area contributed by atoms with Crippen LogP contribution in [-0.4, -0.2) is 26.8 Å². The Bertz CT molecular complexity index is 433. The summed E-state index contributed by atoms with van der Waals surface area (Å²) in [5.74, 6) is 0.580. The van der Waals surface area contributed by atoms with Crippen molar-refractivity contribution >= 4 is 10.0 Å². The van der Waals surface area contributed by atoms with Crippen molar-refractivity contribution in [1.29, 1.82) is 0 Å². The van der Waals surface area contributed by atoms with E-state index >= 15 is 0 Å². The van der Waals surface area contributed by atoms with Crippen LogP contribution >= 0.6 is 0 Å². The fourth-order valence-electron chi connectivity index (χ4n) is 1.48. The molecule has 0 saturated heterocycles. The van der Waals surface area contributed by atoms with E-state index < -0.39 is 10.0 Å². The van der Waals surface area contributed by atoms with Crippen LogP contribution in [0.25, 0.3) is 0 Å². The van der Waals surface area contributed by atoms with Gasteiger partial charge in [0.2, 0.25) is 10.0 Å². The Kier molecular flexibility index (Phi) is 4.10. The van der Waals surface area contributed by atoms with Gasteiger partial charge in [-0.1, -0.05) is 26.0 Å². The highest BCUT2D eigenvalue weighted by atomic mass is 32.2. The molecule has 90 valence electrons. The van der Waals surface area contributed by atoms with E-state index in [-0.39, 0.29) is 0 Å². The van der Waals surface area contributed by atoms with Crippen molar-refractivity contribution in [1.82, 2.24) is 4.31 Å². The van der Waals surface area contributed by atoms with E-state index in [1.54, 1.807) is 12.1 Å². The zero-order valence-corrected chi connectivity index (χ0v) is 11.1. The maximum Gasteiger partial charge on any atom is 0.242 e. The topological polar surface area (TPSA) is 37.4 Å². The summed E-state index contributed by atoms with van der Waals surface area (Å²) in [5, 5.41) is 0. The minimum Gasteiger partial charge on any atom is -0.207 e. The lowest BCUT2D eigenvalue weighted by Crippen LogP contribution is -2.22. The number of rotatable bonds is 4. The first-order valence-electron chi connectivity index (χ1n) is 5.35. The zero-order valence-electron chi connectivity index (χ0n) is 10.3. The molecule has 0 heterocycles. The summed E-state index contributed by atoms with van der Waals surface area (Å²) in [6.45, 7) is 4.29. The van der Waals surface area contributed by atoms with Crippen LogP contribution in [0, 0.1) is 5.92 Å². The van der Waals surface area contributed by atoms with E-state index in [2.05, 4.69) is 13.8 Å². The summed E-state index contributed by atoms with van der Waals surface area (Å²) in [5.41, 5.74) is 1.17. The molecule has 16 heavy (non-hydrogen) atoms. The van der Waals surface area contributed by atoms with Gasteiger partial charge in [0, 0.05) is 14.1 Å². The minimum absolute atomic E-state index is 0.352. The molecular weight excluding hydrogens is 222 g/mol. The van der Waals surface area contributed by atoms with Crippen molar-refractivity contribution in [2.75, 3.05) is 14.1 Å². The Morgan fingerprint density at radius 2 is 1.62 bits per heavy atom. The third-order valence-electron chi connectivity index (χ3n) is 2.35. The molecule has 0 aliphatic heterocycles. The highest BCUT2D eigenvalue weighted by Gasteiger charge is 2.16. The Balaban J connectivity index is 2.96. The molecule has 0 aromatic heterocycles. The van der Waals surface area contributed by atoms with Crippen LogP contribution in [0.3, 0.4) is 0 Å². The lowest BCUT2D eigenvalue weighted by molar-refractivity contribution is 0.520. The van der Waals surface area contributed by atoms with Gasteiger partial charge in [0.1, 0.15) is 0 Å². The average Bonchev–Trinajstić information content (AvgIpc) is 2.17. The van der Waals surface area contributed by atoms with E-state index in [9.17, 15) is 8.42 Å². The monoisotopic (exact) mass is 241 g/mol. The van der Waals surface area contributed by atoms with Gasteiger partial charge in [0.05, 0.1) is 4.90 Å². The van der Waals surface area contributed by atoms with Crippen molar-refractivity contribution in [3.05, 3.63) is 29.8 Å². The summed E-state index contributed by atoms with van der Waals surface area (Å²) in [6.07, 6.45) is 0.974. The highest BCUT2D eigenvalue weighted by Crippen LogP contribution is 2.15. The SMILES string of the molecule is CC(C)Cc1ccc(S(=O)(=O)N(C)C)cc1. The van der Waals surface area contributed by atoms with E-state index in [1.807, 2.05) is 12.1 Å². The van der Waals surface area contributed by atoms with Gasteiger partial charge in [-0.15, -0.1) is 0 Å². The predicted molar refractivity (Wildman–Crippen MR) is 65.9 cm³/mol. The number of hydrogen-bond donors (Lipinski definition) is 0. The number of benzene rings is 1. The summed E-state index contributed by atoms with van der Waals surface area (Å²) < 4.78 is 24.8. The van der Waals surface area contributed by atoms with Crippen LogP contribution in [0.15, 0.2) is 29.2 Å². The standard InChI is InChI=1S/C12H19NO2S/c1-10(2)9-11-5-7-12(8-6-11)16(14,15)13(3)4/h5-8,10H,9H2,1-4H3. The molecule has 0 saturated carbocycles. The molecule has 4 heteroatoms. The van der Waals surface area contributed by atoms with Gasteiger partial charge in [-0.3, -0.25) is 0 Å². The van der Waals surface area contributed by atoms with Crippen molar-refractivity contribution in [2.45, 2.75) is 25.2 Å². The number of sulfonamides is 1. The maximum atomic E-state index is 11.8. The fraction of sp³-hybridized carbons (Fsp3) is 0.500. The quantitative estimate of drug-likeness (QED) is 0.810. The molecule has 0 aliphatic rings. The first-order chi connectivity index (χ1) is 7.34. The molecule has 0 unspecified atom stereocenters.